The van der Waals surface area contributed by atoms with Gasteiger partial charge in [0.15, 0.2) is 6.10 Å². The van der Waals surface area contributed by atoms with E-state index in [1.807, 2.05) is 20.2 Å². The van der Waals surface area contributed by atoms with E-state index in [4.69, 9.17) is 18.5 Å². The zero-order valence-corrected chi connectivity index (χ0v) is 34.1. The minimum Gasteiger partial charge on any atom is -0.462 e. The zero-order valence-electron chi connectivity index (χ0n) is 33.2. The van der Waals surface area contributed by atoms with Crippen LogP contribution in [-0.2, 0) is 32.7 Å². The summed E-state index contributed by atoms with van der Waals surface area (Å²) in [4.78, 5) is 36.9. The quantitative estimate of drug-likeness (QED) is 0.0289. The molecule has 0 amide bonds. The van der Waals surface area contributed by atoms with E-state index in [0.29, 0.717) is 19.4 Å². The second kappa shape index (κ2) is 37.0. The second-order valence-electron chi connectivity index (χ2n) is 13.4. The lowest BCUT2D eigenvalue weighted by Crippen LogP contribution is -2.29. The van der Waals surface area contributed by atoms with Crippen molar-refractivity contribution in [1.82, 2.24) is 4.90 Å². The first kappa shape index (κ1) is 49.7. The van der Waals surface area contributed by atoms with E-state index in [1.165, 1.54) is 57.8 Å². The SMILES string of the molecule is CC/C=C\C/C=C\C/C=C\C/C=C\C/C=C\CCCC(=O)OC(COC(=O)CCCCCCCCCCCCCC)COP(=O)(O)OCCN(C)C. The summed E-state index contributed by atoms with van der Waals surface area (Å²) in [5, 5.41) is 0. The van der Waals surface area contributed by atoms with Crippen LogP contribution in [0.15, 0.2) is 60.8 Å². The molecule has 300 valence electrons. The van der Waals surface area contributed by atoms with Crippen molar-refractivity contribution in [3.63, 3.8) is 0 Å². The molecular weight excluding hydrogens is 677 g/mol. The van der Waals surface area contributed by atoms with Crippen LogP contribution in [0, 0.1) is 0 Å². The van der Waals surface area contributed by atoms with Gasteiger partial charge in [0.25, 0.3) is 0 Å². The lowest BCUT2D eigenvalue weighted by Gasteiger charge is -2.20. The van der Waals surface area contributed by atoms with Crippen LogP contribution in [0.3, 0.4) is 0 Å². The molecule has 0 aromatic carbocycles. The predicted molar refractivity (Wildman–Crippen MR) is 215 cm³/mol. The van der Waals surface area contributed by atoms with Crippen molar-refractivity contribution in [2.45, 2.75) is 155 Å². The molecule has 0 saturated heterocycles. The van der Waals surface area contributed by atoms with Crippen LogP contribution < -0.4 is 0 Å². The Kier molecular flexibility index (Phi) is 35.4. The molecule has 0 spiro atoms. The highest BCUT2D eigenvalue weighted by Crippen LogP contribution is 2.43. The third kappa shape index (κ3) is 37.5. The van der Waals surface area contributed by atoms with Crippen molar-refractivity contribution in [3.8, 4) is 0 Å². The van der Waals surface area contributed by atoms with Crippen LogP contribution >= 0.6 is 7.82 Å². The average Bonchev–Trinajstić information content (AvgIpc) is 3.11. The molecule has 52 heavy (non-hydrogen) atoms. The molecule has 0 aliphatic carbocycles. The summed E-state index contributed by atoms with van der Waals surface area (Å²) in [6, 6.07) is 0. The first-order valence-corrected chi connectivity index (χ1v) is 21.6. The number of nitrogens with zero attached hydrogens (tertiary/aromatic N) is 1. The lowest BCUT2D eigenvalue weighted by atomic mass is 10.0. The van der Waals surface area contributed by atoms with Gasteiger partial charge >= 0.3 is 19.8 Å². The zero-order chi connectivity index (χ0) is 38.4. The largest absolute Gasteiger partial charge is 0.472 e. The monoisotopic (exact) mass is 752 g/mol. The van der Waals surface area contributed by atoms with E-state index < -0.39 is 26.5 Å². The van der Waals surface area contributed by atoms with Gasteiger partial charge in [-0.2, -0.15) is 0 Å². The van der Waals surface area contributed by atoms with E-state index in [2.05, 4.69) is 68.5 Å². The molecule has 0 bridgehead atoms. The molecule has 1 N–H and O–H groups in total. The standard InChI is InChI=1S/C42H74NO8P/c1-5-7-9-11-13-15-17-19-20-21-22-23-25-27-29-31-33-35-42(45)51-40(39-50-52(46,47)49-37-36-43(3)4)38-48-41(44)34-32-30-28-26-24-18-16-14-12-10-8-6-2/h7,9,13,15,19-20,22-23,27,29,40H,5-6,8,10-12,14,16-18,21,24-26,28,30-39H2,1-4H3,(H,46,47)/b9-7-,15-13-,20-19-,23-22-,29-27-. The molecule has 0 aromatic rings. The maximum absolute atomic E-state index is 12.6. The van der Waals surface area contributed by atoms with Crippen LogP contribution in [0.5, 0.6) is 0 Å². The fraction of sp³-hybridized carbons (Fsp3) is 0.714. The molecule has 9 nitrogen and oxygen atoms in total. The maximum Gasteiger partial charge on any atom is 0.472 e. The Morgan fingerprint density at radius 3 is 1.62 bits per heavy atom. The molecule has 0 heterocycles. The van der Waals surface area contributed by atoms with E-state index in [-0.39, 0.29) is 32.0 Å². The molecule has 0 radical (unpaired) electrons. The second-order valence-corrected chi connectivity index (χ2v) is 14.9. The third-order valence-corrected chi connectivity index (χ3v) is 9.07. The summed E-state index contributed by atoms with van der Waals surface area (Å²) in [6.45, 7) is 4.12. The number of ether oxygens (including phenoxy) is 2. The molecule has 10 heteroatoms. The van der Waals surface area contributed by atoms with Crippen LogP contribution in [0.25, 0.3) is 0 Å². The van der Waals surface area contributed by atoms with Gasteiger partial charge in [-0.25, -0.2) is 4.57 Å². The number of allylic oxidation sites excluding steroid dienone is 10. The van der Waals surface area contributed by atoms with Gasteiger partial charge < -0.3 is 19.3 Å². The van der Waals surface area contributed by atoms with Gasteiger partial charge in [-0.3, -0.25) is 18.6 Å². The minimum absolute atomic E-state index is 0.00490. The number of hydrogen-bond donors (Lipinski definition) is 1. The van der Waals surface area contributed by atoms with Crippen molar-refractivity contribution in [2.75, 3.05) is 40.5 Å². The number of esters is 2. The summed E-state index contributed by atoms with van der Waals surface area (Å²) in [6.07, 6.45) is 41.3. The summed E-state index contributed by atoms with van der Waals surface area (Å²) < 4.78 is 33.3. The molecule has 0 rings (SSSR count). The van der Waals surface area contributed by atoms with E-state index in [0.717, 1.165) is 51.4 Å². The number of rotatable bonds is 36. The van der Waals surface area contributed by atoms with Crippen molar-refractivity contribution in [2.24, 2.45) is 0 Å². The van der Waals surface area contributed by atoms with Gasteiger partial charge in [-0.15, -0.1) is 0 Å². The predicted octanol–water partition coefficient (Wildman–Crippen LogP) is 11.1. The highest BCUT2D eigenvalue weighted by molar-refractivity contribution is 7.47. The van der Waals surface area contributed by atoms with Gasteiger partial charge in [0.05, 0.1) is 13.2 Å². The summed E-state index contributed by atoms with van der Waals surface area (Å²) in [5.74, 6) is -0.875. The first-order valence-electron chi connectivity index (χ1n) is 20.1. The topological polar surface area (TPSA) is 112 Å². The molecule has 2 atom stereocenters. The Hall–Kier alpha value is -2.29. The highest BCUT2D eigenvalue weighted by atomic mass is 31.2. The molecular formula is C42H74NO8P. The number of likely N-dealkylation sites (N-methyl/N-ethyl adjacent to an activating group) is 1. The van der Waals surface area contributed by atoms with Crippen molar-refractivity contribution in [1.29, 1.82) is 0 Å². The fourth-order valence-electron chi connectivity index (χ4n) is 5.02. The summed E-state index contributed by atoms with van der Waals surface area (Å²) in [5.41, 5.74) is 0. The van der Waals surface area contributed by atoms with Gasteiger partial charge in [0.1, 0.15) is 6.61 Å². The highest BCUT2D eigenvalue weighted by Gasteiger charge is 2.26. The third-order valence-electron chi connectivity index (χ3n) is 8.09. The number of phosphoric acid groups is 1. The Balaban J connectivity index is 4.45. The first-order chi connectivity index (χ1) is 25.2. The Morgan fingerprint density at radius 2 is 1.10 bits per heavy atom. The number of hydrogen-bond acceptors (Lipinski definition) is 8. The molecule has 0 fully saturated rings. The Labute approximate surface area is 317 Å². The smallest absolute Gasteiger partial charge is 0.462 e. The van der Waals surface area contributed by atoms with Crippen molar-refractivity contribution in [3.05, 3.63) is 60.8 Å². The number of phosphoric ester groups is 1. The number of carbonyl (C=O) groups is 2. The van der Waals surface area contributed by atoms with Crippen LogP contribution in [0.1, 0.15) is 149 Å². The average molecular weight is 752 g/mol. The Morgan fingerprint density at radius 1 is 0.615 bits per heavy atom. The normalized spacial score (nSPS) is 14.1. The molecule has 0 aliphatic rings. The van der Waals surface area contributed by atoms with E-state index in [9.17, 15) is 19.0 Å². The number of carbonyl (C=O) groups excluding carboxylic acids is 2. The maximum atomic E-state index is 12.6. The fourth-order valence-corrected chi connectivity index (χ4v) is 5.76. The van der Waals surface area contributed by atoms with Gasteiger partial charge in [0, 0.05) is 19.4 Å². The Bertz CT molecular complexity index is 1050. The van der Waals surface area contributed by atoms with Gasteiger partial charge in [0.2, 0.25) is 0 Å². The molecule has 0 saturated carbocycles. The minimum atomic E-state index is -4.37. The number of unbranched alkanes of at least 4 members (excludes halogenated alkanes) is 12. The summed E-state index contributed by atoms with van der Waals surface area (Å²) in [7, 11) is -0.744. The van der Waals surface area contributed by atoms with Gasteiger partial charge in [-0.1, -0.05) is 145 Å². The lowest BCUT2D eigenvalue weighted by molar-refractivity contribution is -0.161. The van der Waals surface area contributed by atoms with Gasteiger partial charge in [-0.05, 0) is 65.5 Å². The van der Waals surface area contributed by atoms with E-state index in [1.54, 1.807) is 4.90 Å². The molecule has 2 unspecified atom stereocenters. The molecule has 0 aromatic heterocycles. The summed E-state index contributed by atoms with van der Waals surface area (Å²) >= 11 is 0. The van der Waals surface area contributed by atoms with Crippen LogP contribution in [0.4, 0.5) is 0 Å². The van der Waals surface area contributed by atoms with Crippen LogP contribution in [-0.4, -0.2) is 68.3 Å². The van der Waals surface area contributed by atoms with E-state index >= 15 is 0 Å². The van der Waals surface area contributed by atoms with Crippen molar-refractivity contribution < 1.29 is 37.6 Å². The van der Waals surface area contributed by atoms with Crippen LogP contribution in [0.2, 0.25) is 0 Å². The molecule has 0 aliphatic heterocycles. The van der Waals surface area contributed by atoms with Crippen molar-refractivity contribution >= 4 is 19.8 Å².